The Bertz CT molecular complexity index is 688. The van der Waals surface area contributed by atoms with Crippen molar-refractivity contribution in [1.29, 1.82) is 0 Å². The van der Waals surface area contributed by atoms with E-state index in [0.717, 1.165) is 37.7 Å². The van der Waals surface area contributed by atoms with Crippen LogP contribution in [0.25, 0.3) is 0 Å². The van der Waals surface area contributed by atoms with E-state index in [4.69, 9.17) is 16.3 Å². The number of likely N-dealkylation sites (tertiary alicyclic amines) is 1. The van der Waals surface area contributed by atoms with Gasteiger partial charge < -0.3 is 14.5 Å². The highest BCUT2D eigenvalue weighted by Gasteiger charge is 2.48. The first kappa shape index (κ1) is 18.8. The second-order valence-corrected chi connectivity index (χ2v) is 8.38. The smallest absolute Gasteiger partial charge is 0.233 e. The van der Waals surface area contributed by atoms with Gasteiger partial charge in [-0.05, 0) is 43.4 Å². The van der Waals surface area contributed by atoms with E-state index >= 15 is 0 Å². The van der Waals surface area contributed by atoms with Crippen LogP contribution in [0.15, 0.2) is 24.3 Å². The van der Waals surface area contributed by atoms with Crippen molar-refractivity contribution in [2.45, 2.75) is 37.5 Å². The number of benzene rings is 1. The molecule has 0 N–H and O–H groups in total. The van der Waals surface area contributed by atoms with Crippen LogP contribution in [0.3, 0.4) is 0 Å². The summed E-state index contributed by atoms with van der Waals surface area (Å²) in [5, 5.41) is 0.697. The van der Waals surface area contributed by atoms with Gasteiger partial charge in [-0.2, -0.15) is 0 Å². The third kappa shape index (κ3) is 3.59. The van der Waals surface area contributed by atoms with Crippen molar-refractivity contribution in [2.75, 3.05) is 39.4 Å². The van der Waals surface area contributed by atoms with E-state index in [1.165, 1.54) is 0 Å². The summed E-state index contributed by atoms with van der Waals surface area (Å²) in [7, 11) is 0. The molecule has 2 saturated heterocycles. The Balaban J connectivity index is 1.39. The number of hydrogen-bond acceptors (Lipinski definition) is 3. The topological polar surface area (TPSA) is 49.9 Å². The molecule has 1 aromatic carbocycles. The lowest BCUT2D eigenvalue weighted by Crippen LogP contribution is -2.54. The Kier molecular flexibility index (Phi) is 5.42. The molecule has 0 aromatic heterocycles. The predicted molar refractivity (Wildman–Crippen MR) is 104 cm³/mol. The zero-order valence-corrected chi connectivity index (χ0v) is 16.4. The first-order chi connectivity index (χ1) is 13.1. The Morgan fingerprint density at radius 2 is 1.59 bits per heavy atom. The molecule has 0 unspecified atom stereocenters. The molecule has 27 heavy (non-hydrogen) atoms. The zero-order valence-electron chi connectivity index (χ0n) is 15.7. The molecule has 146 valence electrons. The standard InChI is InChI=1S/C21H27ClN2O3/c22-18-4-2-17(3-5-18)21(8-1-9-21)20(26)24-10-6-16(7-11-24)19(25)23-12-14-27-15-13-23/h2-5,16H,1,6-15H2. The number of morpholine rings is 1. The van der Waals surface area contributed by atoms with E-state index in [1.807, 2.05) is 34.1 Å². The first-order valence-corrected chi connectivity index (χ1v) is 10.4. The van der Waals surface area contributed by atoms with E-state index in [-0.39, 0.29) is 23.1 Å². The number of hydrogen-bond donors (Lipinski definition) is 0. The van der Waals surface area contributed by atoms with Crippen molar-refractivity contribution in [1.82, 2.24) is 9.80 Å². The van der Waals surface area contributed by atoms with Crippen molar-refractivity contribution in [3.63, 3.8) is 0 Å². The fraction of sp³-hybridized carbons (Fsp3) is 0.619. The van der Waals surface area contributed by atoms with Gasteiger partial charge >= 0.3 is 0 Å². The highest BCUT2D eigenvalue weighted by atomic mass is 35.5. The highest BCUT2D eigenvalue weighted by molar-refractivity contribution is 6.30. The molecule has 0 bridgehead atoms. The zero-order chi connectivity index (χ0) is 18.9. The van der Waals surface area contributed by atoms with E-state index in [1.54, 1.807) is 0 Å². The van der Waals surface area contributed by atoms with Crippen LogP contribution in [0.4, 0.5) is 0 Å². The molecule has 1 aromatic rings. The third-order valence-electron chi connectivity index (χ3n) is 6.47. The van der Waals surface area contributed by atoms with Crippen LogP contribution < -0.4 is 0 Å². The van der Waals surface area contributed by atoms with Crippen LogP contribution >= 0.6 is 11.6 Å². The van der Waals surface area contributed by atoms with Gasteiger partial charge in [-0.1, -0.05) is 30.2 Å². The fourth-order valence-electron chi connectivity index (χ4n) is 4.60. The monoisotopic (exact) mass is 390 g/mol. The lowest BCUT2D eigenvalue weighted by Gasteiger charge is -2.45. The maximum atomic E-state index is 13.3. The average molecular weight is 391 g/mol. The summed E-state index contributed by atoms with van der Waals surface area (Å²) in [5.74, 6) is 0.509. The molecule has 0 radical (unpaired) electrons. The van der Waals surface area contributed by atoms with Gasteiger partial charge in [0, 0.05) is 37.1 Å². The molecule has 3 aliphatic rings. The maximum absolute atomic E-state index is 13.3. The summed E-state index contributed by atoms with van der Waals surface area (Å²) in [6.45, 7) is 4.00. The average Bonchev–Trinajstić information content (AvgIpc) is 2.69. The SMILES string of the molecule is O=C(C1CCN(C(=O)C2(c3ccc(Cl)cc3)CCC2)CC1)N1CCOCC1. The number of piperidine rings is 1. The van der Waals surface area contributed by atoms with Crippen LogP contribution in [-0.4, -0.2) is 61.0 Å². The van der Waals surface area contributed by atoms with Gasteiger partial charge in [0.15, 0.2) is 0 Å². The molecular weight excluding hydrogens is 364 g/mol. The summed E-state index contributed by atoms with van der Waals surface area (Å²) < 4.78 is 5.34. The molecule has 1 saturated carbocycles. The summed E-state index contributed by atoms with van der Waals surface area (Å²) in [6.07, 6.45) is 4.41. The normalized spacial score (nSPS) is 23.0. The van der Waals surface area contributed by atoms with Gasteiger partial charge in [0.25, 0.3) is 0 Å². The lowest BCUT2D eigenvalue weighted by atomic mass is 9.63. The number of carbonyl (C=O) groups is 2. The molecule has 0 spiro atoms. The molecule has 5 nitrogen and oxygen atoms in total. The Morgan fingerprint density at radius 3 is 2.15 bits per heavy atom. The fourth-order valence-corrected chi connectivity index (χ4v) is 4.73. The molecule has 2 heterocycles. The van der Waals surface area contributed by atoms with E-state index in [0.29, 0.717) is 44.4 Å². The van der Waals surface area contributed by atoms with Gasteiger partial charge in [0.2, 0.25) is 11.8 Å². The van der Waals surface area contributed by atoms with Gasteiger partial charge in [-0.3, -0.25) is 9.59 Å². The summed E-state index contributed by atoms with van der Waals surface area (Å²) in [6, 6.07) is 7.73. The Hall–Kier alpha value is -1.59. The summed E-state index contributed by atoms with van der Waals surface area (Å²) >= 11 is 6.02. The highest BCUT2D eigenvalue weighted by Crippen LogP contribution is 2.46. The molecule has 1 aliphatic carbocycles. The van der Waals surface area contributed by atoms with Crippen molar-refractivity contribution in [3.05, 3.63) is 34.9 Å². The minimum Gasteiger partial charge on any atom is -0.378 e. The van der Waals surface area contributed by atoms with Gasteiger partial charge in [-0.25, -0.2) is 0 Å². The van der Waals surface area contributed by atoms with Crippen molar-refractivity contribution in [2.24, 2.45) is 5.92 Å². The Morgan fingerprint density at radius 1 is 0.963 bits per heavy atom. The van der Waals surface area contributed by atoms with Crippen LogP contribution in [0, 0.1) is 5.92 Å². The number of amides is 2. The number of ether oxygens (including phenoxy) is 1. The third-order valence-corrected chi connectivity index (χ3v) is 6.72. The quantitative estimate of drug-likeness (QED) is 0.797. The summed E-state index contributed by atoms with van der Waals surface area (Å²) in [4.78, 5) is 30.0. The van der Waals surface area contributed by atoms with Crippen LogP contribution in [-0.2, 0) is 19.7 Å². The van der Waals surface area contributed by atoms with Crippen molar-refractivity contribution < 1.29 is 14.3 Å². The van der Waals surface area contributed by atoms with Crippen molar-refractivity contribution in [3.8, 4) is 0 Å². The van der Waals surface area contributed by atoms with Crippen molar-refractivity contribution >= 4 is 23.4 Å². The molecule has 6 heteroatoms. The second kappa shape index (κ2) is 7.80. The first-order valence-electron chi connectivity index (χ1n) is 10.0. The van der Waals surface area contributed by atoms with E-state index in [9.17, 15) is 9.59 Å². The molecule has 2 aliphatic heterocycles. The second-order valence-electron chi connectivity index (χ2n) is 7.95. The van der Waals surface area contributed by atoms with Gasteiger partial charge in [-0.15, -0.1) is 0 Å². The predicted octanol–water partition coefficient (Wildman–Crippen LogP) is 2.86. The largest absolute Gasteiger partial charge is 0.378 e. The van der Waals surface area contributed by atoms with E-state index < -0.39 is 0 Å². The molecule has 4 rings (SSSR count). The number of halogens is 1. The molecule has 3 fully saturated rings. The van der Waals surface area contributed by atoms with Gasteiger partial charge in [0.1, 0.15) is 0 Å². The van der Waals surface area contributed by atoms with E-state index in [2.05, 4.69) is 0 Å². The molecule has 0 atom stereocenters. The van der Waals surface area contributed by atoms with Crippen LogP contribution in [0.5, 0.6) is 0 Å². The maximum Gasteiger partial charge on any atom is 0.233 e. The lowest BCUT2D eigenvalue weighted by molar-refractivity contribution is -0.147. The number of rotatable bonds is 3. The minimum absolute atomic E-state index is 0.0417. The molecule has 2 amide bonds. The minimum atomic E-state index is -0.383. The Labute approximate surface area is 165 Å². The number of carbonyl (C=O) groups excluding carboxylic acids is 2. The van der Waals surface area contributed by atoms with Crippen LogP contribution in [0.2, 0.25) is 5.02 Å². The number of nitrogens with zero attached hydrogens (tertiary/aromatic N) is 2. The molecular formula is C21H27ClN2O3. The van der Waals surface area contributed by atoms with Gasteiger partial charge in [0.05, 0.1) is 18.6 Å². The van der Waals surface area contributed by atoms with Crippen LogP contribution in [0.1, 0.15) is 37.7 Å². The summed E-state index contributed by atoms with van der Waals surface area (Å²) in [5.41, 5.74) is 0.695.